The summed E-state index contributed by atoms with van der Waals surface area (Å²) in [6.45, 7) is 7.22. The number of nitrogens with zero attached hydrogens (tertiary/aromatic N) is 1. The highest BCUT2D eigenvalue weighted by Crippen LogP contribution is 2.60. The molecule has 2 fully saturated rings. The van der Waals surface area contributed by atoms with Gasteiger partial charge in [-0.2, -0.15) is 0 Å². The maximum absolute atomic E-state index is 9.38. The maximum Gasteiger partial charge on any atom is 0.191 e. The Kier molecular flexibility index (Phi) is 2.23. The van der Waals surface area contributed by atoms with Crippen molar-refractivity contribution in [2.75, 3.05) is 0 Å². The molecule has 3 aliphatic rings. The zero-order valence-corrected chi connectivity index (χ0v) is 10.9. The Bertz CT molecular complexity index is 577. The van der Waals surface area contributed by atoms with Gasteiger partial charge in [-0.1, -0.05) is 11.6 Å². The van der Waals surface area contributed by atoms with Gasteiger partial charge in [-0.05, 0) is 37.2 Å². The van der Waals surface area contributed by atoms with Gasteiger partial charge in [0.2, 0.25) is 0 Å². The Labute approximate surface area is 113 Å². The largest absolute Gasteiger partial charge is 0.491 e. The molecule has 0 saturated heterocycles. The summed E-state index contributed by atoms with van der Waals surface area (Å²) >= 11 is 0. The van der Waals surface area contributed by atoms with Gasteiger partial charge in [-0.15, -0.1) is 0 Å². The lowest BCUT2D eigenvalue weighted by atomic mass is 9.91. The van der Waals surface area contributed by atoms with Crippen LogP contribution in [0.4, 0.5) is 5.69 Å². The molecule has 1 aromatic rings. The zero-order chi connectivity index (χ0) is 13.0. The topological polar surface area (TPSA) is 33.8 Å². The van der Waals surface area contributed by atoms with Gasteiger partial charge in [0.25, 0.3) is 0 Å². The molecule has 0 aromatic heterocycles. The van der Waals surface area contributed by atoms with E-state index in [0.29, 0.717) is 11.1 Å². The van der Waals surface area contributed by atoms with E-state index >= 15 is 0 Å². The van der Waals surface area contributed by atoms with Crippen LogP contribution in [-0.2, 0) is 11.8 Å². The highest BCUT2D eigenvalue weighted by molar-refractivity contribution is 5.62. The van der Waals surface area contributed by atoms with Gasteiger partial charge < -0.3 is 9.84 Å². The Morgan fingerprint density at radius 3 is 2.68 bits per heavy atom. The van der Waals surface area contributed by atoms with Crippen molar-refractivity contribution in [1.29, 1.82) is 0 Å². The average molecular weight is 255 g/mol. The molecule has 0 radical (unpaired) electrons. The van der Waals surface area contributed by atoms with Gasteiger partial charge in [-0.25, -0.2) is 4.85 Å². The van der Waals surface area contributed by atoms with Gasteiger partial charge in [0.05, 0.1) is 12.7 Å². The molecule has 0 aliphatic heterocycles. The highest BCUT2D eigenvalue weighted by Gasteiger charge is 2.50. The Morgan fingerprint density at radius 1 is 1.26 bits per heavy atom. The van der Waals surface area contributed by atoms with E-state index in [1.165, 1.54) is 30.4 Å². The van der Waals surface area contributed by atoms with Crippen molar-refractivity contribution >= 4 is 5.69 Å². The van der Waals surface area contributed by atoms with Gasteiger partial charge in [-0.3, -0.25) is 0 Å². The smallest absolute Gasteiger partial charge is 0.191 e. The van der Waals surface area contributed by atoms with Gasteiger partial charge >= 0.3 is 0 Å². The summed E-state index contributed by atoms with van der Waals surface area (Å²) in [5, 5.41) is 9.38. The number of aliphatic hydroxyl groups excluding tert-OH is 1. The van der Waals surface area contributed by atoms with Crippen molar-refractivity contribution in [3.63, 3.8) is 0 Å². The molecule has 3 heteroatoms. The minimum Gasteiger partial charge on any atom is -0.491 e. The van der Waals surface area contributed by atoms with E-state index in [1.807, 2.05) is 12.1 Å². The molecule has 0 unspecified atom stereocenters. The predicted octanol–water partition coefficient (Wildman–Crippen LogP) is 3.12. The van der Waals surface area contributed by atoms with Crippen molar-refractivity contribution in [2.24, 2.45) is 0 Å². The first kappa shape index (κ1) is 11.3. The normalized spacial score (nSPS) is 29.5. The van der Waals surface area contributed by atoms with E-state index in [1.54, 1.807) is 0 Å². The molecule has 4 rings (SSSR count). The zero-order valence-electron chi connectivity index (χ0n) is 10.9. The molecule has 19 heavy (non-hydrogen) atoms. The monoisotopic (exact) mass is 255 g/mol. The van der Waals surface area contributed by atoms with Crippen LogP contribution >= 0.6 is 0 Å². The van der Waals surface area contributed by atoms with Gasteiger partial charge in [0.1, 0.15) is 11.9 Å². The first-order valence-corrected chi connectivity index (χ1v) is 7.10. The molecule has 0 heterocycles. The summed E-state index contributed by atoms with van der Waals surface area (Å²) in [5.41, 5.74) is 3.75. The third kappa shape index (κ3) is 1.67. The number of aliphatic hydroxyl groups is 1. The maximum atomic E-state index is 9.38. The summed E-state index contributed by atoms with van der Waals surface area (Å²) < 4.78 is 6.08. The third-order valence-electron chi connectivity index (χ3n) is 4.92. The van der Waals surface area contributed by atoms with Crippen LogP contribution < -0.4 is 4.74 Å². The van der Waals surface area contributed by atoms with Crippen molar-refractivity contribution in [1.82, 2.24) is 0 Å². The molecular formula is C16H17NO2. The molecular weight excluding hydrogens is 238 g/mol. The van der Waals surface area contributed by atoms with Crippen molar-refractivity contribution in [3.8, 4) is 5.75 Å². The first-order valence-electron chi connectivity index (χ1n) is 7.10. The van der Waals surface area contributed by atoms with Crippen LogP contribution in [0.2, 0.25) is 0 Å². The lowest BCUT2D eigenvalue weighted by Crippen LogP contribution is -2.37. The summed E-state index contributed by atoms with van der Waals surface area (Å²) in [6, 6.07) is 3.94. The van der Waals surface area contributed by atoms with E-state index in [-0.39, 0.29) is 12.2 Å². The molecule has 0 atom stereocenters. The Hall–Kier alpha value is -1.53. The second-order valence-electron chi connectivity index (χ2n) is 6.24. The van der Waals surface area contributed by atoms with Gasteiger partial charge in [0.15, 0.2) is 5.69 Å². The second kappa shape index (κ2) is 3.74. The Morgan fingerprint density at radius 2 is 2.05 bits per heavy atom. The van der Waals surface area contributed by atoms with Crippen LogP contribution in [0, 0.1) is 6.57 Å². The molecule has 1 aromatic carbocycles. The number of fused-ring (bicyclic) bond motifs is 2. The minimum absolute atomic E-state index is 0.136. The third-order valence-corrected chi connectivity index (χ3v) is 4.92. The molecule has 1 spiro atoms. The van der Waals surface area contributed by atoms with Crippen molar-refractivity contribution in [2.45, 2.75) is 56.1 Å². The molecule has 0 amide bonds. The van der Waals surface area contributed by atoms with Crippen LogP contribution in [0.1, 0.15) is 43.2 Å². The lowest BCUT2D eigenvalue weighted by Gasteiger charge is -2.33. The van der Waals surface area contributed by atoms with E-state index < -0.39 is 0 Å². The van der Waals surface area contributed by atoms with Crippen LogP contribution in [0.25, 0.3) is 4.85 Å². The number of ether oxygens (including phenoxy) is 1. The number of benzene rings is 1. The number of hydrogen-bond donors (Lipinski definition) is 1. The fourth-order valence-corrected chi connectivity index (χ4v) is 3.58. The molecule has 2 saturated carbocycles. The average Bonchev–Trinajstić information content (AvgIpc) is 3.04. The molecule has 98 valence electrons. The second-order valence-corrected chi connectivity index (χ2v) is 6.24. The summed E-state index contributed by atoms with van der Waals surface area (Å²) in [7, 11) is 0. The summed E-state index contributed by atoms with van der Waals surface area (Å²) in [4.78, 5) is 3.56. The minimum atomic E-state index is -0.197. The van der Waals surface area contributed by atoms with Crippen molar-refractivity contribution in [3.05, 3.63) is 34.7 Å². The van der Waals surface area contributed by atoms with Crippen molar-refractivity contribution < 1.29 is 9.84 Å². The Balaban J connectivity index is 1.72. The van der Waals surface area contributed by atoms with E-state index in [2.05, 4.69) is 4.85 Å². The number of aryl methyl sites for hydroxylation is 1. The highest BCUT2D eigenvalue weighted by atomic mass is 16.5. The fourth-order valence-electron chi connectivity index (χ4n) is 3.58. The summed E-state index contributed by atoms with van der Waals surface area (Å²) in [6.07, 6.45) is 6.22. The summed E-state index contributed by atoms with van der Waals surface area (Å²) in [5.74, 6) is 0.926. The standard InChI is InChI=1S/C16H17NO2/c1-17-11-6-10-2-3-16(4-5-16)15(10)14(7-11)19-13-8-12(18)9-13/h6-7,12-13,18H,2-5,8-9H2. The predicted molar refractivity (Wildman–Crippen MR) is 71.6 cm³/mol. The molecule has 1 N–H and O–H groups in total. The number of hydrogen-bond acceptors (Lipinski definition) is 2. The van der Waals surface area contributed by atoms with E-state index in [9.17, 15) is 5.11 Å². The van der Waals surface area contributed by atoms with Crippen LogP contribution in [0.3, 0.4) is 0 Å². The van der Waals surface area contributed by atoms with Gasteiger partial charge in [0, 0.05) is 18.4 Å². The quantitative estimate of drug-likeness (QED) is 0.824. The van der Waals surface area contributed by atoms with Crippen LogP contribution in [0.5, 0.6) is 5.75 Å². The lowest BCUT2D eigenvalue weighted by molar-refractivity contribution is -0.0113. The SMILES string of the molecule is [C-]#[N+]c1cc2c(c(OC3CC(O)C3)c1)C1(CC2)CC1. The molecule has 3 nitrogen and oxygen atoms in total. The first-order chi connectivity index (χ1) is 9.20. The molecule has 0 bridgehead atoms. The van der Waals surface area contributed by atoms with Crippen LogP contribution in [0.15, 0.2) is 12.1 Å². The number of rotatable bonds is 2. The van der Waals surface area contributed by atoms with E-state index in [4.69, 9.17) is 11.3 Å². The molecule has 3 aliphatic carbocycles. The fraction of sp³-hybridized carbons (Fsp3) is 0.562. The van der Waals surface area contributed by atoms with E-state index in [0.717, 1.165) is 25.0 Å². The van der Waals surface area contributed by atoms with Crippen LogP contribution in [-0.4, -0.2) is 17.3 Å².